The van der Waals surface area contributed by atoms with E-state index >= 15 is 0 Å². The molecule has 1 atom stereocenters. The number of carbonyl (C=O) groups is 2. The molecule has 1 aliphatic carbocycles. The minimum absolute atomic E-state index is 0.00210. The van der Waals surface area contributed by atoms with Gasteiger partial charge in [-0.05, 0) is 48.1 Å². The van der Waals surface area contributed by atoms with E-state index in [1.807, 2.05) is 47.4 Å². The number of Topliss-reactive ketones (excluding diaryl/α,β-unsaturated/α-hetero) is 1. The van der Waals surface area contributed by atoms with Crippen molar-refractivity contribution < 1.29 is 19.1 Å². The number of ketones is 1. The van der Waals surface area contributed by atoms with Crippen LogP contribution in [0.1, 0.15) is 64.5 Å². The van der Waals surface area contributed by atoms with Gasteiger partial charge in [0.15, 0.2) is 17.3 Å². The number of ether oxygens (including phenoxy) is 2. The number of hydrogen-bond acceptors (Lipinski definition) is 5. The number of para-hydroxylation sites is 2. The zero-order valence-corrected chi connectivity index (χ0v) is 20.7. The van der Waals surface area contributed by atoms with Gasteiger partial charge in [-0.2, -0.15) is 0 Å². The second-order valence-corrected chi connectivity index (χ2v) is 9.86. The monoisotopic (exact) mass is 462 g/mol. The third-order valence-corrected chi connectivity index (χ3v) is 6.64. The van der Waals surface area contributed by atoms with Crippen LogP contribution in [0, 0.1) is 5.41 Å². The van der Waals surface area contributed by atoms with E-state index in [1.165, 1.54) is 0 Å². The van der Waals surface area contributed by atoms with E-state index in [1.54, 1.807) is 14.2 Å². The van der Waals surface area contributed by atoms with Crippen LogP contribution in [0.15, 0.2) is 53.7 Å². The summed E-state index contributed by atoms with van der Waals surface area (Å²) in [7, 11) is 3.19. The molecule has 0 radical (unpaired) electrons. The van der Waals surface area contributed by atoms with Gasteiger partial charge in [-0.15, -0.1) is 0 Å². The topological polar surface area (TPSA) is 67.9 Å². The Morgan fingerprint density at radius 1 is 1.09 bits per heavy atom. The summed E-state index contributed by atoms with van der Waals surface area (Å²) in [6.07, 6.45) is 3.28. The average Bonchev–Trinajstić information content (AvgIpc) is 2.95. The number of rotatable bonds is 6. The summed E-state index contributed by atoms with van der Waals surface area (Å²) < 4.78 is 11.0. The van der Waals surface area contributed by atoms with Crippen molar-refractivity contribution in [2.45, 2.75) is 58.9 Å². The van der Waals surface area contributed by atoms with Gasteiger partial charge >= 0.3 is 0 Å². The Hall–Kier alpha value is -3.28. The standard InChI is InChI=1S/C28H34N2O4/c1-6-7-12-25(32)30-21-11-9-8-10-19(21)29-20-16-28(2,3)17-22(31)26(20)27(30)18-13-14-23(33-4)24(15-18)34-5/h8-11,13-15,27,29H,6-7,12,16-17H2,1-5H3/t27-/m0/s1. The fourth-order valence-electron chi connectivity index (χ4n) is 5.05. The molecule has 1 heterocycles. The average molecular weight is 463 g/mol. The van der Waals surface area contributed by atoms with Crippen LogP contribution in [0.4, 0.5) is 11.4 Å². The zero-order valence-electron chi connectivity index (χ0n) is 20.7. The minimum Gasteiger partial charge on any atom is -0.493 e. The van der Waals surface area contributed by atoms with Crippen LogP contribution in [0.5, 0.6) is 11.5 Å². The molecule has 0 saturated carbocycles. The normalized spacial score (nSPS) is 19.0. The third kappa shape index (κ3) is 4.41. The Balaban J connectivity index is 1.98. The van der Waals surface area contributed by atoms with E-state index in [4.69, 9.17) is 9.47 Å². The SMILES string of the molecule is CCCCC(=O)N1c2ccccc2NC2=C(C(=O)CC(C)(C)C2)[C@@H]1c1ccc(OC)c(OC)c1. The maximum atomic E-state index is 13.8. The molecule has 2 aliphatic rings. The van der Waals surface area contributed by atoms with Gasteiger partial charge in [-0.1, -0.05) is 45.4 Å². The quantitative estimate of drug-likeness (QED) is 0.567. The smallest absolute Gasteiger partial charge is 0.227 e. The molecule has 2 aromatic carbocycles. The molecule has 0 spiro atoms. The van der Waals surface area contributed by atoms with Crippen LogP contribution >= 0.6 is 0 Å². The number of nitrogens with one attached hydrogen (secondary N) is 1. The molecule has 0 saturated heterocycles. The molecule has 1 aliphatic heterocycles. The first-order chi connectivity index (χ1) is 16.3. The lowest BCUT2D eigenvalue weighted by Gasteiger charge is -2.37. The van der Waals surface area contributed by atoms with E-state index in [2.05, 4.69) is 26.1 Å². The van der Waals surface area contributed by atoms with Gasteiger partial charge in [0, 0.05) is 24.1 Å². The van der Waals surface area contributed by atoms with E-state index in [-0.39, 0.29) is 17.1 Å². The first-order valence-electron chi connectivity index (χ1n) is 12.0. The zero-order chi connectivity index (χ0) is 24.5. The molecule has 0 bridgehead atoms. The summed E-state index contributed by atoms with van der Waals surface area (Å²) >= 11 is 0. The minimum atomic E-state index is -0.557. The van der Waals surface area contributed by atoms with Gasteiger partial charge in [-0.3, -0.25) is 14.5 Å². The lowest BCUT2D eigenvalue weighted by atomic mass is 9.73. The number of benzene rings is 2. The fraction of sp³-hybridized carbons (Fsp3) is 0.429. The van der Waals surface area contributed by atoms with Crippen LogP contribution < -0.4 is 19.7 Å². The number of allylic oxidation sites excluding steroid dienone is 1. The van der Waals surface area contributed by atoms with Crippen molar-refractivity contribution in [2.24, 2.45) is 5.41 Å². The number of unbranched alkanes of at least 4 members (excludes halogenated alkanes) is 1. The second kappa shape index (κ2) is 9.53. The molecular weight excluding hydrogens is 428 g/mol. The van der Waals surface area contributed by atoms with Gasteiger partial charge in [0.25, 0.3) is 0 Å². The van der Waals surface area contributed by atoms with Crippen LogP contribution in [0.3, 0.4) is 0 Å². The third-order valence-electron chi connectivity index (χ3n) is 6.64. The number of methoxy groups -OCH3 is 2. The van der Waals surface area contributed by atoms with Crippen LogP contribution in [0.2, 0.25) is 0 Å². The van der Waals surface area contributed by atoms with Crippen molar-refractivity contribution in [3.05, 3.63) is 59.3 Å². The van der Waals surface area contributed by atoms with Crippen molar-refractivity contribution in [1.82, 2.24) is 0 Å². The van der Waals surface area contributed by atoms with E-state index in [0.29, 0.717) is 29.9 Å². The highest BCUT2D eigenvalue weighted by molar-refractivity contribution is 6.06. The summed E-state index contributed by atoms with van der Waals surface area (Å²) in [5.41, 5.74) is 3.83. The lowest BCUT2D eigenvalue weighted by molar-refractivity contribution is -0.119. The van der Waals surface area contributed by atoms with Crippen molar-refractivity contribution in [3.63, 3.8) is 0 Å². The van der Waals surface area contributed by atoms with Gasteiger partial charge in [0.05, 0.1) is 31.6 Å². The highest BCUT2D eigenvalue weighted by Gasteiger charge is 2.43. The maximum Gasteiger partial charge on any atom is 0.227 e. The highest BCUT2D eigenvalue weighted by atomic mass is 16.5. The van der Waals surface area contributed by atoms with E-state index < -0.39 is 6.04 Å². The van der Waals surface area contributed by atoms with Gasteiger partial charge in [0.2, 0.25) is 5.91 Å². The predicted molar refractivity (Wildman–Crippen MR) is 134 cm³/mol. The van der Waals surface area contributed by atoms with Gasteiger partial charge in [-0.25, -0.2) is 0 Å². The Morgan fingerprint density at radius 2 is 1.82 bits per heavy atom. The van der Waals surface area contributed by atoms with E-state index in [0.717, 1.165) is 41.9 Å². The molecule has 0 fully saturated rings. The Bertz CT molecular complexity index is 1130. The second-order valence-electron chi connectivity index (χ2n) is 9.86. The molecule has 6 nitrogen and oxygen atoms in total. The summed E-state index contributed by atoms with van der Waals surface area (Å²) in [5.74, 6) is 1.24. The Morgan fingerprint density at radius 3 is 2.53 bits per heavy atom. The molecule has 180 valence electrons. The van der Waals surface area contributed by atoms with Crippen molar-refractivity contribution >= 4 is 23.1 Å². The molecule has 34 heavy (non-hydrogen) atoms. The first kappa shape index (κ1) is 23.9. The largest absolute Gasteiger partial charge is 0.493 e. The van der Waals surface area contributed by atoms with E-state index in [9.17, 15) is 9.59 Å². The van der Waals surface area contributed by atoms with Gasteiger partial charge in [0.1, 0.15) is 0 Å². The summed E-state index contributed by atoms with van der Waals surface area (Å²) in [5, 5.41) is 3.55. The summed E-state index contributed by atoms with van der Waals surface area (Å²) in [6.45, 7) is 6.30. The predicted octanol–water partition coefficient (Wildman–Crippen LogP) is 6.04. The Labute approximate surface area is 201 Å². The van der Waals surface area contributed by atoms with Crippen molar-refractivity contribution in [2.75, 3.05) is 24.4 Å². The van der Waals surface area contributed by atoms with Crippen molar-refractivity contribution in [3.8, 4) is 11.5 Å². The van der Waals surface area contributed by atoms with Gasteiger partial charge < -0.3 is 14.8 Å². The molecule has 1 N–H and O–H groups in total. The molecule has 4 rings (SSSR count). The van der Waals surface area contributed by atoms with Crippen LogP contribution in [-0.4, -0.2) is 25.9 Å². The molecular formula is C28H34N2O4. The molecule has 1 amide bonds. The number of amides is 1. The number of carbonyl (C=O) groups excluding carboxylic acids is 2. The number of anilines is 2. The van der Waals surface area contributed by atoms with Crippen molar-refractivity contribution in [1.29, 1.82) is 0 Å². The highest BCUT2D eigenvalue weighted by Crippen LogP contribution is 2.49. The van der Waals surface area contributed by atoms with Crippen LogP contribution in [0.25, 0.3) is 0 Å². The summed E-state index contributed by atoms with van der Waals surface area (Å²) in [4.78, 5) is 29.3. The number of nitrogens with zero attached hydrogens (tertiary/aromatic N) is 1. The number of hydrogen-bond donors (Lipinski definition) is 1. The molecule has 0 unspecified atom stereocenters. The molecule has 0 aromatic heterocycles. The lowest BCUT2D eigenvalue weighted by Crippen LogP contribution is -2.39. The first-order valence-corrected chi connectivity index (χ1v) is 12.0. The van der Waals surface area contributed by atoms with Crippen LogP contribution in [-0.2, 0) is 9.59 Å². The molecule has 6 heteroatoms. The molecule has 2 aromatic rings. The summed E-state index contributed by atoms with van der Waals surface area (Å²) in [6, 6.07) is 12.9. The Kier molecular flexibility index (Phi) is 6.69. The fourth-order valence-corrected chi connectivity index (χ4v) is 5.05. The number of fused-ring (bicyclic) bond motifs is 1. The maximum absolute atomic E-state index is 13.8.